The molecule has 0 aliphatic carbocycles. The molecule has 1 N–H and O–H groups in total. The highest BCUT2D eigenvalue weighted by Crippen LogP contribution is 2.23. The van der Waals surface area contributed by atoms with Gasteiger partial charge >= 0.3 is 0 Å². The summed E-state index contributed by atoms with van der Waals surface area (Å²) < 4.78 is 1.79. The van der Waals surface area contributed by atoms with Crippen LogP contribution in [0.3, 0.4) is 0 Å². The first-order valence-corrected chi connectivity index (χ1v) is 7.75. The number of aryl methyl sites for hydroxylation is 1. The number of thiazole rings is 1. The lowest BCUT2D eigenvalue weighted by atomic mass is 10.0. The van der Waals surface area contributed by atoms with E-state index in [9.17, 15) is 0 Å². The van der Waals surface area contributed by atoms with Gasteiger partial charge in [0.1, 0.15) is 5.82 Å². The number of nitrogens with one attached hydrogen (secondary N) is 1. The van der Waals surface area contributed by atoms with Gasteiger partial charge in [-0.05, 0) is 19.1 Å². The van der Waals surface area contributed by atoms with Crippen LogP contribution in [0.25, 0.3) is 5.65 Å². The van der Waals surface area contributed by atoms with Gasteiger partial charge in [0.05, 0.1) is 0 Å². The molecule has 1 fully saturated rings. The molecule has 1 saturated heterocycles. The van der Waals surface area contributed by atoms with E-state index in [0.717, 1.165) is 42.1 Å². The number of fused-ring (bicyclic) bond motifs is 1. The summed E-state index contributed by atoms with van der Waals surface area (Å²) in [5.41, 5.74) is 0.791. The van der Waals surface area contributed by atoms with E-state index < -0.39 is 0 Å². The minimum absolute atomic E-state index is 0.633. The van der Waals surface area contributed by atoms with Crippen LogP contribution in [0, 0.1) is 12.8 Å². The maximum absolute atomic E-state index is 4.59. The average Bonchev–Trinajstić information content (AvgIpc) is 3.08. The molecular formula is C13H15N7S. The van der Waals surface area contributed by atoms with Crippen molar-refractivity contribution in [3.8, 4) is 0 Å². The smallest absolute Gasteiger partial charge is 0.182 e. The first-order valence-electron chi connectivity index (χ1n) is 6.87. The van der Waals surface area contributed by atoms with Gasteiger partial charge in [-0.3, -0.25) is 0 Å². The van der Waals surface area contributed by atoms with Crippen molar-refractivity contribution in [1.82, 2.24) is 24.8 Å². The molecule has 21 heavy (non-hydrogen) atoms. The van der Waals surface area contributed by atoms with Crippen LogP contribution in [0.15, 0.2) is 23.7 Å². The largest absolute Gasteiger partial charge is 0.361 e. The molecule has 3 aromatic heterocycles. The molecule has 3 aromatic rings. The summed E-state index contributed by atoms with van der Waals surface area (Å²) in [4.78, 5) is 6.50. The maximum Gasteiger partial charge on any atom is 0.182 e. The molecular weight excluding hydrogens is 286 g/mol. The van der Waals surface area contributed by atoms with Gasteiger partial charge < -0.3 is 10.2 Å². The van der Waals surface area contributed by atoms with Crippen molar-refractivity contribution in [3.05, 3.63) is 29.5 Å². The summed E-state index contributed by atoms with van der Waals surface area (Å²) in [6.07, 6.45) is 1.82. The van der Waals surface area contributed by atoms with Gasteiger partial charge in [-0.25, -0.2) is 4.98 Å². The van der Waals surface area contributed by atoms with Gasteiger partial charge in [-0.2, -0.15) is 4.52 Å². The minimum atomic E-state index is 0.633. The van der Waals surface area contributed by atoms with Crippen molar-refractivity contribution in [3.63, 3.8) is 0 Å². The second-order valence-electron chi connectivity index (χ2n) is 5.20. The highest BCUT2D eigenvalue weighted by Gasteiger charge is 2.28. The van der Waals surface area contributed by atoms with E-state index >= 15 is 0 Å². The van der Waals surface area contributed by atoms with Gasteiger partial charge in [-0.15, -0.1) is 26.6 Å². The molecule has 1 aliphatic rings. The maximum atomic E-state index is 4.59. The zero-order valence-corrected chi connectivity index (χ0v) is 12.4. The zero-order valence-electron chi connectivity index (χ0n) is 11.6. The van der Waals surface area contributed by atoms with Gasteiger partial charge in [-0.1, -0.05) is 0 Å². The number of hydrogen-bond acceptors (Lipinski definition) is 7. The van der Waals surface area contributed by atoms with Crippen LogP contribution in [-0.4, -0.2) is 44.4 Å². The third-order valence-corrected chi connectivity index (χ3v) is 4.39. The summed E-state index contributed by atoms with van der Waals surface area (Å²) in [7, 11) is 0. The molecule has 0 saturated carbocycles. The molecule has 0 bridgehead atoms. The quantitative estimate of drug-likeness (QED) is 0.786. The van der Waals surface area contributed by atoms with Crippen LogP contribution in [-0.2, 0) is 0 Å². The Balaban J connectivity index is 1.38. The van der Waals surface area contributed by atoms with Crippen molar-refractivity contribution in [2.75, 3.05) is 29.9 Å². The summed E-state index contributed by atoms with van der Waals surface area (Å²) in [5, 5.41) is 19.0. The van der Waals surface area contributed by atoms with Gasteiger partial charge in [0, 0.05) is 37.1 Å². The summed E-state index contributed by atoms with van der Waals surface area (Å²) in [6.45, 7) is 4.89. The van der Waals surface area contributed by atoms with E-state index in [0.29, 0.717) is 5.92 Å². The zero-order chi connectivity index (χ0) is 14.2. The van der Waals surface area contributed by atoms with E-state index in [4.69, 9.17) is 0 Å². The minimum Gasteiger partial charge on any atom is -0.361 e. The van der Waals surface area contributed by atoms with E-state index in [1.165, 1.54) is 0 Å². The lowest BCUT2D eigenvalue weighted by molar-refractivity contribution is 0.425. The van der Waals surface area contributed by atoms with Crippen molar-refractivity contribution >= 4 is 27.9 Å². The molecule has 0 unspecified atom stereocenters. The van der Waals surface area contributed by atoms with Gasteiger partial charge in [0.25, 0.3) is 0 Å². The van der Waals surface area contributed by atoms with Crippen molar-refractivity contribution in [2.45, 2.75) is 6.92 Å². The molecule has 8 heteroatoms. The van der Waals surface area contributed by atoms with Crippen LogP contribution in [0.2, 0.25) is 0 Å². The number of nitrogens with zero attached hydrogens (tertiary/aromatic N) is 6. The molecule has 0 spiro atoms. The Bertz CT molecular complexity index is 745. The highest BCUT2D eigenvalue weighted by molar-refractivity contribution is 7.13. The van der Waals surface area contributed by atoms with Crippen LogP contribution in [0.1, 0.15) is 5.82 Å². The lowest BCUT2D eigenvalue weighted by Gasteiger charge is -2.40. The predicted octanol–water partition coefficient (Wildman–Crippen LogP) is 1.44. The van der Waals surface area contributed by atoms with Crippen molar-refractivity contribution < 1.29 is 0 Å². The van der Waals surface area contributed by atoms with Crippen LogP contribution < -0.4 is 10.2 Å². The van der Waals surface area contributed by atoms with E-state index in [2.05, 4.69) is 30.5 Å². The fourth-order valence-corrected chi connectivity index (χ4v) is 3.02. The number of aromatic nitrogens is 5. The topological polar surface area (TPSA) is 71.2 Å². The third kappa shape index (κ3) is 2.31. The van der Waals surface area contributed by atoms with Gasteiger partial charge in [0.15, 0.2) is 16.6 Å². The average molecular weight is 301 g/mol. The Morgan fingerprint density at radius 1 is 1.33 bits per heavy atom. The van der Waals surface area contributed by atoms with Crippen molar-refractivity contribution in [1.29, 1.82) is 0 Å². The molecule has 108 valence electrons. The van der Waals surface area contributed by atoms with E-state index in [-0.39, 0.29) is 0 Å². The Hall–Kier alpha value is -2.22. The summed E-state index contributed by atoms with van der Waals surface area (Å²) >= 11 is 1.64. The number of anilines is 2. The standard InChI is InChI=1S/C13H15N7S/c1-9-16-17-11-2-3-12(18-20(9)11)19-7-10(8-19)6-15-13-14-4-5-21-13/h2-5,10H,6-8H2,1H3,(H,14,15). The second kappa shape index (κ2) is 4.96. The first kappa shape index (κ1) is 12.5. The Morgan fingerprint density at radius 2 is 2.24 bits per heavy atom. The molecule has 0 radical (unpaired) electrons. The van der Waals surface area contributed by atoms with Crippen LogP contribution in [0.4, 0.5) is 10.9 Å². The number of hydrogen-bond donors (Lipinski definition) is 1. The van der Waals surface area contributed by atoms with Crippen molar-refractivity contribution in [2.24, 2.45) is 5.92 Å². The highest BCUT2D eigenvalue weighted by atomic mass is 32.1. The summed E-state index contributed by atoms with van der Waals surface area (Å²) in [6, 6.07) is 3.97. The number of rotatable bonds is 4. The SMILES string of the molecule is Cc1nnc2ccc(N3CC(CNc4nccs4)C3)nn12. The van der Waals surface area contributed by atoms with E-state index in [1.807, 2.05) is 30.6 Å². The lowest BCUT2D eigenvalue weighted by Crippen LogP contribution is -2.50. The van der Waals surface area contributed by atoms with E-state index in [1.54, 1.807) is 15.9 Å². The Kier molecular flexibility index (Phi) is 2.95. The second-order valence-corrected chi connectivity index (χ2v) is 6.09. The summed E-state index contributed by atoms with van der Waals surface area (Å²) in [5.74, 6) is 2.43. The van der Waals surface area contributed by atoms with Crippen LogP contribution in [0.5, 0.6) is 0 Å². The fraction of sp³-hybridized carbons (Fsp3) is 0.385. The molecule has 0 amide bonds. The molecule has 0 aromatic carbocycles. The molecule has 0 atom stereocenters. The van der Waals surface area contributed by atoms with Gasteiger partial charge in [0.2, 0.25) is 0 Å². The molecule has 7 nitrogen and oxygen atoms in total. The first-order chi connectivity index (χ1) is 10.3. The third-order valence-electron chi connectivity index (χ3n) is 3.66. The fourth-order valence-electron chi connectivity index (χ4n) is 2.48. The Labute approximate surface area is 125 Å². The molecule has 1 aliphatic heterocycles. The molecule has 4 heterocycles. The van der Waals surface area contributed by atoms with Crippen LogP contribution >= 0.6 is 11.3 Å². The Morgan fingerprint density at radius 3 is 3.05 bits per heavy atom. The molecule has 4 rings (SSSR count). The predicted molar refractivity (Wildman–Crippen MR) is 81.8 cm³/mol. The normalized spacial score (nSPS) is 15.4. The monoisotopic (exact) mass is 301 g/mol.